The number of aromatic carboxylic acids is 2. The van der Waals surface area contributed by atoms with Crippen molar-refractivity contribution in [3.8, 4) is 16.9 Å². The molecule has 9 nitrogen and oxygen atoms in total. The minimum atomic E-state index is -1.59. The van der Waals surface area contributed by atoms with Crippen LogP contribution in [0.4, 0.5) is 4.39 Å². The van der Waals surface area contributed by atoms with Crippen LogP contribution >= 0.6 is 0 Å². The highest BCUT2D eigenvalue weighted by Crippen LogP contribution is 2.36. The van der Waals surface area contributed by atoms with Crippen molar-refractivity contribution in [2.45, 2.75) is 0 Å². The fraction of sp³-hybridized carbons (Fsp3) is 0.0476. The number of ether oxygens (including phenoxy) is 1. The number of benzene rings is 2. The number of fused-ring (bicyclic) bond motifs is 3. The molecule has 0 amide bonds. The second kappa shape index (κ2) is 7.10. The smallest absolute Gasteiger partial charge is 0.351 e. The van der Waals surface area contributed by atoms with Crippen molar-refractivity contribution in [3.63, 3.8) is 0 Å². The highest BCUT2D eigenvalue weighted by atomic mass is 19.1. The fourth-order valence-electron chi connectivity index (χ4n) is 3.20. The van der Waals surface area contributed by atoms with Crippen LogP contribution in [-0.2, 0) is 0 Å². The third-order valence-corrected chi connectivity index (χ3v) is 4.64. The van der Waals surface area contributed by atoms with E-state index in [1.807, 2.05) is 0 Å². The lowest BCUT2D eigenvalue weighted by atomic mass is 9.98. The van der Waals surface area contributed by atoms with Gasteiger partial charge < -0.3 is 23.8 Å². The first kappa shape index (κ1) is 19.8. The Morgan fingerprint density at radius 3 is 2.06 bits per heavy atom. The highest BCUT2D eigenvalue weighted by Gasteiger charge is 2.22. The third kappa shape index (κ3) is 3.19. The summed E-state index contributed by atoms with van der Waals surface area (Å²) in [5.74, 6) is -3.66. The number of carbonyl (C=O) groups is 2. The van der Waals surface area contributed by atoms with E-state index in [0.717, 1.165) is 18.2 Å². The van der Waals surface area contributed by atoms with Crippen molar-refractivity contribution in [2.24, 2.45) is 0 Å². The van der Waals surface area contributed by atoms with E-state index in [-0.39, 0.29) is 38.8 Å². The van der Waals surface area contributed by atoms with Gasteiger partial charge in [0.05, 0.1) is 12.5 Å². The molecule has 2 aromatic carbocycles. The van der Waals surface area contributed by atoms with E-state index in [1.165, 1.54) is 25.3 Å². The molecule has 0 fully saturated rings. The van der Waals surface area contributed by atoms with Gasteiger partial charge >= 0.3 is 23.2 Å². The molecule has 0 radical (unpaired) electrons. The van der Waals surface area contributed by atoms with Crippen LogP contribution in [0.2, 0.25) is 0 Å². The molecule has 156 valence electrons. The maximum absolute atomic E-state index is 14.8. The van der Waals surface area contributed by atoms with Gasteiger partial charge in [0.1, 0.15) is 33.9 Å². The summed E-state index contributed by atoms with van der Waals surface area (Å²) >= 11 is 0. The number of hydrogen-bond acceptors (Lipinski definition) is 7. The minimum absolute atomic E-state index is 0.0156. The van der Waals surface area contributed by atoms with Crippen LogP contribution in [-0.4, -0.2) is 29.3 Å². The van der Waals surface area contributed by atoms with Crippen LogP contribution < -0.4 is 16.0 Å². The standard InChI is InChI=1S/C21H11FO9/c1-29-9-2-3-10(15(22)6-9)11-4-8-5-13(18(23)24)20(27)30-16(8)12-7-14(19(25)26)21(28)31-17(11)12/h2-7H,1H3,(H,23,24)(H,25,26). The number of halogens is 1. The highest BCUT2D eigenvalue weighted by molar-refractivity contribution is 6.11. The summed E-state index contributed by atoms with van der Waals surface area (Å²) in [5.41, 5.74) is -4.28. The quantitative estimate of drug-likeness (QED) is 0.371. The molecule has 0 unspecified atom stereocenters. The molecule has 4 aromatic rings. The summed E-state index contributed by atoms with van der Waals surface area (Å²) in [7, 11) is 1.35. The first-order chi connectivity index (χ1) is 14.7. The van der Waals surface area contributed by atoms with Gasteiger partial charge in [-0.2, -0.15) is 0 Å². The van der Waals surface area contributed by atoms with Gasteiger partial charge in [0.2, 0.25) is 0 Å². The minimum Gasteiger partial charge on any atom is -0.497 e. The van der Waals surface area contributed by atoms with Gasteiger partial charge in [0.15, 0.2) is 0 Å². The molecular weight excluding hydrogens is 415 g/mol. The van der Waals surface area contributed by atoms with Crippen molar-refractivity contribution in [3.05, 3.63) is 74.2 Å². The molecule has 0 saturated heterocycles. The monoisotopic (exact) mass is 426 g/mol. The van der Waals surface area contributed by atoms with Gasteiger partial charge in [-0.3, -0.25) is 0 Å². The Bertz CT molecular complexity index is 1530. The Morgan fingerprint density at radius 2 is 1.48 bits per heavy atom. The SMILES string of the molecule is COc1ccc(-c2cc3cc(C(=O)O)c(=O)oc3c3cc(C(=O)O)c(=O)oc23)c(F)c1. The van der Waals surface area contributed by atoms with Crippen LogP contribution in [0.1, 0.15) is 20.7 Å². The summed E-state index contributed by atoms with van der Waals surface area (Å²) < 4.78 is 30.0. The van der Waals surface area contributed by atoms with E-state index < -0.39 is 40.1 Å². The van der Waals surface area contributed by atoms with Gasteiger partial charge in [-0.25, -0.2) is 23.6 Å². The van der Waals surface area contributed by atoms with E-state index in [9.17, 15) is 33.8 Å². The van der Waals surface area contributed by atoms with Gasteiger partial charge in [0.25, 0.3) is 0 Å². The number of hydrogen-bond donors (Lipinski definition) is 2. The zero-order chi connectivity index (χ0) is 22.4. The molecule has 0 aliphatic heterocycles. The third-order valence-electron chi connectivity index (χ3n) is 4.64. The molecule has 0 spiro atoms. The Morgan fingerprint density at radius 1 is 0.871 bits per heavy atom. The molecule has 2 aromatic heterocycles. The van der Waals surface area contributed by atoms with Gasteiger partial charge in [0, 0.05) is 22.6 Å². The molecular formula is C21H11FO9. The average molecular weight is 426 g/mol. The summed E-state index contributed by atoms with van der Waals surface area (Å²) in [6.45, 7) is 0. The number of rotatable bonds is 4. The van der Waals surface area contributed by atoms with Crippen molar-refractivity contribution in [2.75, 3.05) is 7.11 Å². The molecule has 4 rings (SSSR count). The maximum atomic E-state index is 14.8. The lowest BCUT2D eigenvalue weighted by molar-refractivity contribution is 0.0681. The molecule has 31 heavy (non-hydrogen) atoms. The number of carboxylic acid groups (broad SMARTS) is 2. The summed E-state index contributed by atoms with van der Waals surface area (Å²) in [6.07, 6.45) is 0. The Kier molecular flexibility index (Phi) is 4.54. The zero-order valence-corrected chi connectivity index (χ0v) is 15.6. The van der Waals surface area contributed by atoms with Crippen LogP contribution in [0.3, 0.4) is 0 Å². The molecule has 0 aliphatic rings. The summed E-state index contributed by atoms with van der Waals surface area (Å²) in [6, 6.07) is 7.10. The van der Waals surface area contributed by atoms with Crippen LogP contribution in [0.15, 0.2) is 54.8 Å². The summed E-state index contributed by atoms with van der Waals surface area (Å²) in [5, 5.41) is 18.4. The Labute approximate surface area is 170 Å². The first-order valence-corrected chi connectivity index (χ1v) is 8.60. The van der Waals surface area contributed by atoms with Crippen molar-refractivity contribution >= 4 is 33.9 Å². The van der Waals surface area contributed by atoms with Crippen LogP contribution in [0.5, 0.6) is 5.75 Å². The van der Waals surface area contributed by atoms with E-state index >= 15 is 0 Å². The second-order valence-electron chi connectivity index (χ2n) is 6.44. The lowest BCUT2D eigenvalue weighted by Gasteiger charge is -2.11. The Hall–Kier alpha value is -4.47. The molecule has 0 atom stereocenters. The topological polar surface area (TPSA) is 144 Å². The number of methoxy groups -OCH3 is 1. The predicted molar refractivity (Wildman–Crippen MR) is 104 cm³/mol. The van der Waals surface area contributed by atoms with Gasteiger partial charge in [-0.05, 0) is 30.3 Å². The van der Waals surface area contributed by atoms with Crippen LogP contribution in [0.25, 0.3) is 33.1 Å². The Balaban J connectivity index is 2.21. The second-order valence-corrected chi connectivity index (χ2v) is 6.44. The van der Waals surface area contributed by atoms with E-state index in [2.05, 4.69) is 0 Å². The average Bonchev–Trinajstić information content (AvgIpc) is 2.72. The zero-order valence-electron chi connectivity index (χ0n) is 15.6. The van der Waals surface area contributed by atoms with Crippen molar-refractivity contribution in [1.82, 2.24) is 0 Å². The van der Waals surface area contributed by atoms with Gasteiger partial charge in [-0.15, -0.1) is 0 Å². The molecule has 0 aliphatic carbocycles. The largest absolute Gasteiger partial charge is 0.497 e. The van der Waals surface area contributed by atoms with E-state index in [0.29, 0.717) is 0 Å². The maximum Gasteiger partial charge on any atom is 0.351 e. The summed E-state index contributed by atoms with van der Waals surface area (Å²) in [4.78, 5) is 46.9. The van der Waals surface area contributed by atoms with Crippen molar-refractivity contribution in [1.29, 1.82) is 0 Å². The molecule has 0 saturated carbocycles. The molecule has 2 N–H and O–H groups in total. The number of carboxylic acids is 2. The van der Waals surface area contributed by atoms with Gasteiger partial charge in [-0.1, -0.05) is 0 Å². The normalized spacial score (nSPS) is 11.0. The fourth-order valence-corrected chi connectivity index (χ4v) is 3.20. The van der Waals surface area contributed by atoms with E-state index in [1.54, 1.807) is 0 Å². The molecule has 10 heteroatoms. The first-order valence-electron chi connectivity index (χ1n) is 8.60. The predicted octanol–water partition coefficient (Wildman–Crippen LogP) is 3.11. The lowest BCUT2D eigenvalue weighted by Crippen LogP contribution is -2.15. The molecule has 0 bridgehead atoms. The molecule has 2 heterocycles. The van der Waals surface area contributed by atoms with E-state index in [4.69, 9.17) is 13.6 Å². The van der Waals surface area contributed by atoms with Crippen molar-refractivity contribution < 1.29 is 37.8 Å². The van der Waals surface area contributed by atoms with Crippen LogP contribution in [0, 0.1) is 5.82 Å².